The third kappa shape index (κ3) is 3.79. The molecule has 2 fully saturated rings. The zero-order valence-corrected chi connectivity index (χ0v) is 13.5. The van der Waals surface area contributed by atoms with Crippen LogP contribution in [0.1, 0.15) is 54.8 Å². The van der Waals surface area contributed by atoms with Crippen LogP contribution in [0, 0.1) is 6.92 Å². The van der Waals surface area contributed by atoms with E-state index in [1.807, 2.05) is 13.0 Å². The molecule has 1 saturated carbocycles. The number of rotatable bonds is 6. The van der Waals surface area contributed by atoms with E-state index in [1.54, 1.807) is 0 Å². The van der Waals surface area contributed by atoms with E-state index in [-0.39, 0.29) is 0 Å². The highest BCUT2D eigenvalue weighted by Gasteiger charge is 2.30. The van der Waals surface area contributed by atoms with Crippen LogP contribution in [-0.2, 0) is 13.1 Å². The van der Waals surface area contributed by atoms with Crippen LogP contribution in [0.4, 0.5) is 0 Å². The molecule has 1 atom stereocenters. The molecule has 3 heterocycles. The first-order valence-corrected chi connectivity index (χ1v) is 8.46. The molecule has 7 heteroatoms. The predicted molar refractivity (Wildman–Crippen MR) is 82.7 cm³/mol. The van der Waals surface area contributed by atoms with Gasteiger partial charge in [-0.05, 0) is 39.2 Å². The van der Waals surface area contributed by atoms with Crippen LogP contribution >= 0.6 is 0 Å². The van der Waals surface area contributed by atoms with Gasteiger partial charge in [0.15, 0.2) is 11.6 Å². The monoisotopic (exact) mass is 317 g/mol. The molecule has 1 aliphatic heterocycles. The first kappa shape index (κ1) is 14.8. The lowest BCUT2D eigenvalue weighted by Crippen LogP contribution is -2.45. The van der Waals surface area contributed by atoms with E-state index in [9.17, 15) is 0 Å². The Morgan fingerprint density at radius 1 is 1.26 bits per heavy atom. The van der Waals surface area contributed by atoms with Gasteiger partial charge in [0.25, 0.3) is 0 Å². The van der Waals surface area contributed by atoms with E-state index < -0.39 is 0 Å². The van der Waals surface area contributed by atoms with Gasteiger partial charge >= 0.3 is 0 Å². The maximum Gasteiger partial charge on any atom is 0.229 e. The van der Waals surface area contributed by atoms with Crippen LogP contribution in [0.25, 0.3) is 0 Å². The Balaban J connectivity index is 1.27. The zero-order valence-electron chi connectivity index (χ0n) is 13.5. The number of hydrogen-bond acceptors (Lipinski definition) is 7. The lowest BCUT2D eigenvalue weighted by molar-refractivity contribution is 0.175. The SMILES string of the molecule is Cc1cc(CNC2CCCN(Cc3noc(C4CC4)n3)C2)on1. The van der Waals surface area contributed by atoms with E-state index in [1.165, 1.54) is 25.7 Å². The minimum absolute atomic E-state index is 0.462. The van der Waals surface area contributed by atoms with Gasteiger partial charge < -0.3 is 14.4 Å². The van der Waals surface area contributed by atoms with Crippen molar-refractivity contribution in [2.24, 2.45) is 0 Å². The molecule has 2 aromatic rings. The van der Waals surface area contributed by atoms with Crippen molar-refractivity contribution < 1.29 is 9.05 Å². The molecular formula is C16H23N5O2. The second-order valence-electron chi connectivity index (χ2n) is 6.71. The van der Waals surface area contributed by atoms with Gasteiger partial charge in [0, 0.05) is 24.6 Å². The normalized spacial score (nSPS) is 22.6. The molecule has 0 bridgehead atoms. The van der Waals surface area contributed by atoms with Crippen molar-refractivity contribution in [2.45, 2.75) is 57.7 Å². The third-order valence-electron chi connectivity index (χ3n) is 4.52. The fourth-order valence-corrected chi connectivity index (χ4v) is 3.14. The first-order chi connectivity index (χ1) is 11.3. The van der Waals surface area contributed by atoms with Gasteiger partial charge in [0.05, 0.1) is 18.8 Å². The molecule has 1 N–H and O–H groups in total. The molecule has 0 aromatic carbocycles. The van der Waals surface area contributed by atoms with Crippen molar-refractivity contribution in [3.63, 3.8) is 0 Å². The predicted octanol–water partition coefficient (Wildman–Crippen LogP) is 2.00. The standard InChI is InChI=1S/C16H23N5O2/c1-11-7-14(22-19-11)8-17-13-3-2-6-21(9-13)10-15-18-16(23-20-15)12-4-5-12/h7,12-13,17H,2-6,8-10H2,1H3. The van der Waals surface area contributed by atoms with E-state index in [0.29, 0.717) is 12.0 Å². The molecule has 7 nitrogen and oxygen atoms in total. The minimum Gasteiger partial charge on any atom is -0.360 e. The highest BCUT2D eigenvalue weighted by molar-refractivity contribution is 5.03. The molecule has 0 spiro atoms. The smallest absolute Gasteiger partial charge is 0.229 e. The van der Waals surface area contributed by atoms with Gasteiger partial charge in [0.2, 0.25) is 5.89 Å². The Labute approximate surface area is 135 Å². The second kappa shape index (κ2) is 6.41. The fraction of sp³-hybridized carbons (Fsp3) is 0.688. The van der Waals surface area contributed by atoms with Gasteiger partial charge in [-0.2, -0.15) is 4.98 Å². The van der Waals surface area contributed by atoms with Gasteiger partial charge in [-0.15, -0.1) is 0 Å². The summed E-state index contributed by atoms with van der Waals surface area (Å²) in [6, 6.07) is 2.44. The second-order valence-corrected chi connectivity index (χ2v) is 6.71. The largest absolute Gasteiger partial charge is 0.360 e. The van der Waals surface area contributed by atoms with E-state index in [0.717, 1.165) is 49.3 Å². The van der Waals surface area contributed by atoms with Crippen LogP contribution in [0.5, 0.6) is 0 Å². The molecular weight excluding hydrogens is 294 g/mol. The van der Waals surface area contributed by atoms with Crippen molar-refractivity contribution in [1.82, 2.24) is 25.5 Å². The van der Waals surface area contributed by atoms with Crippen LogP contribution in [0.15, 0.2) is 15.1 Å². The van der Waals surface area contributed by atoms with E-state index in [2.05, 4.69) is 25.5 Å². The Bertz CT molecular complexity index is 648. The van der Waals surface area contributed by atoms with Crippen LogP contribution < -0.4 is 5.32 Å². The number of likely N-dealkylation sites (tertiary alicyclic amines) is 1. The Hall–Kier alpha value is -1.73. The average molecular weight is 317 g/mol. The highest BCUT2D eigenvalue weighted by atomic mass is 16.5. The third-order valence-corrected chi connectivity index (χ3v) is 4.52. The van der Waals surface area contributed by atoms with Gasteiger partial charge in [-0.3, -0.25) is 4.90 Å². The van der Waals surface area contributed by atoms with Crippen molar-refractivity contribution in [2.75, 3.05) is 13.1 Å². The van der Waals surface area contributed by atoms with E-state index >= 15 is 0 Å². The van der Waals surface area contributed by atoms with Crippen molar-refractivity contribution in [1.29, 1.82) is 0 Å². The van der Waals surface area contributed by atoms with Crippen LogP contribution in [0.3, 0.4) is 0 Å². The number of aromatic nitrogens is 3. The lowest BCUT2D eigenvalue weighted by atomic mass is 10.1. The summed E-state index contributed by atoms with van der Waals surface area (Å²) in [5.41, 5.74) is 0.927. The molecule has 1 unspecified atom stereocenters. The zero-order chi connectivity index (χ0) is 15.6. The highest BCUT2D eigenvalue weighted by Crippen LogP contribution is 2.38. The quantitative estimate of drug-likeness (QED) is 0.872. The Morgan fingerprint density at radius 2 is 2.17 bits per heavy atom. The summed E-state index contributed by atoms with van der Waals surface area (Å²) in [4.78, 5) is 6.92. The molecule has 1 aliphatic carbocycles. The summed E-state index contributed by atoms with van der Waals surface area (Å²) < 4.78 is 10.6. The maximum atomic E-state index is 5.34. The molecule has 0 amide bonds. The number of nitrogens with one attached hydrogen (secondary N) is 1. The molecule has 0 radical (unpaired) electrons. The number of aryl methyl sites for hydroxylation is 1. The summed E-state index contributed by atoms with van der Waals surface area (Å²) in [7, 11) is 0. The molecule has 4 rings (SSSR count). The Morgan fingerprint density at radius 3 is 2.96 bits per heavy atom. The summed E-state index contributed by atoms with van der Waals surface area (Å²) in [6.45, 7) is 5.53. The minimum atomic E-state index is 0.462. The summed E-state index contributed by atoms with van der Waals surface area (Å²) >= 11 is 0. The summed E-state index contributed by atoms with van der Waals surface area (Å²) in [5.74, 6) is 3.06. The topological polar surface area (TPSA) is 80.2 Å². The van der Waals surface area contributed by atoms with Crippen molar-refractivity contribution >= 4 is 0 Å². The maximum absolute atomic E-state index is 5.34. The van der Waals surface area contributed by atoms with Gasteiger partial charge in [0.1, 0.15) is 0 Å². The summed E-state index contributed by atoms with van der Waals surface area (Å²) in [5, 5.41) is 11.6. The molecule has 124 valence electrons. The molecule has 2 aliphatic rings. The summed E-state index contributed by atoms with van der Waals surface area (Å²) in [6.07, 6.45) is 4.75. The molecule has 23 heavy (non-hydrogen) atoms. The van der Waals surface area contributed by atoms with Gasteiger partial charge in [-0.25, -0.2) is 0 Å². The fourth-order valence-electron chi connectivity index (χ4n) is 3.14. The number of hydrogen-bond donors (Lipinski definition) is 1. The van der Waals surface area contributed by atoms with Crippen LogP contribution in [-0.4, -0.2) is 39.3 Å². The van der Waals surface area contributed by atoms with Crippen LogP contribution in [0.2, 0.25) is 0 Å². The van der Waals surface area contributed by atoms with Gasteiger partial charge in [-0.1, -0.05) is 10.3 Å². The molecule has 2 aromatic heterocycles. The first-order valence-electron chi connectivity index (χ1n) is 8.46. The van der Waals surface area contributed by atoms with Crippen molar-refractivity contribution in [3.8, 4) is 0 Å². The Kier molecular flexibility index (Phi) is 4.13. The average Bonchev–Trinajstić information content (AvgIpc) is 3.16. The molecule has 1 saturated heterocycles. The van der Waals surface area contributed by atoms with E-state index in [4.69, 9.17) is 9.05 Å². The lowest BCUT2D eigenvalue weighted by Gasteiger charge is -2.32. The number of piperidine rings is 1. The van der Waals surface area contributed by atoms with Crippen molar-refractivity contribution in [3.05, 3.63) is 29.2 Å². The number of nitrogens with zero attached hydrogens (tertiary/aromatic N) is 4.